The van der Waals surface area contributed by atoms with Crippen LogP contribution in [-0.2, 0) is 11.2 Å². The van der Waals surface area contributed by atoms with Gasteiger partial charge >= 0.3 is 0 Å². The number of benzene rings is 1. The van der Waals surface area contributed by atoms with E-state index in [0.717, 1.165) is 19.3 Å². The molecule has 22 heavy (non-hydrogen) atoms. The van der Waals surface area contributed by atoms with E-state index < -0.39 is 0 Å². The zero-order chi connectivity index (χ0) is 15.2. The van der Waals surface area contributed by atoms with Crippen LogP contribution in [0.3, 0.4) is 0 Å². The summed E-state index contributed by atoms with van der Waals surface area (Å²) in [4.78, 5) is 12.1. The maximum atomic E-state index is 12.1. The second-order valence-electron chi connectivity index (χ2n) is 6.16. The first-order valence-electron chi connectivity index (χ1n) is 8.16. The van der Waals surface area contributed by atoms with E-state index in [9.17, 15) is 4.79 Å². The molecule has 3 heteroatoms. The number of carbonyl (C=O) groups excluding carboxylic acids is 1. The SMILES string of the molecule is O=C(CCc1ccsc1)NC1CCC(c2ccccc2)CC1. The first-order valence-corrected chi connectivity index (χ1v) is 9.11. The highest BCUT2D eigenvalue weighted by Gasteiger charge is 2.23. The molecule has 2 aromatic rings. The summed E-state index contributed by atoms with van der Waals surface area (Å²) in [5, 5.41) is 7.41. The minimum atomic E-state index is 0.203. The molecule has 2 nitrogen and oxygen atoms in total. The normalized spacial score (nSPS) is 21.5. The minimum Gasteiger partial charge on any atom is -0.353 e. The van der Waals surface area contributed by atoms with Crippen molar-refractivity contribution in [2.45, 2.75) is 50.5 Å². The van der Waals surface area contributed by atoms with E-state index in [-0.39, 0.29) is 5.91 Å². The average Bonchev–Trinajstić information content (AvgIpc) is 3.08. The Labute approximate surface area is 136 Å². The number of nitrogens with one attached hydrogen (secondary N) is 1. The Balaban J connectivity index is 1.41. The van der Waals surface area contributed by atoms with Crippen LogP contribution in [0.5, 0.6) is 0 Å². The summed E-state index contributed by atoms with van der Waals surface area (Å²) in [7, 11) is 0. The van der Waals surface area contributed by atoms with Crippen molar-refractivity contribution in [3.05, 3.63) is 58.3 Å². The smallest absolute Gasteiger partial charge is 0.220 e. The van der Waals surface area contributed by atoms with Gasteiger partial charge in [0.15, 0.2) is 0 Å². The molecule has 0 spiro atoms. The van der Waals surface area contributed by atoms with Crippen molar-refractivity contribution in [3.8, 4) is 0 Å². The summed E-state index contributed by atoms with van der Waals surface area (Å²) < 4.78 is 0. The third-order valence-electron chi connectivity index (χ3n) is 4.58. The number of rotatable bonds is 5. The van der Waals surface area contributed by atoms with Gasteiger partial charge in [0.05, 0.1) is 0 Å². The van der Waals surface area contributed by atoms with Crippen molar-refractivity contribution in [1.82, 2.24) is 5.32 Å². The summed E-state index contributed by atoms with van der Waals surface area (Å²) in [5.74, 6) is 0.870. The van der Waals surface area contributed by atoms with Crippen LogP contribution in [-0.4, -0.2) is 11.9 Å². The molecule has 1 saturated carbocycles. The molecule has 0 bridgehead atoms. The largest absolute Gasteiger partial charge is 0.353 e. The van der Waals surface area contributed by atoms with E-state index in [0.29, 0.717) is 18.4 Å². The lowest BCUT2D eigenvalue weighted by molar-refractivity contribution is -0.122. The van der Waals surface area contributed by atoms with Crippen LogP contribution in [0.15, 0.2) is 47.2 Å². The summed E-state index contributed by atoms with van der Waals surface area (Å²) >= 11 is 1.69. The number of hydrogen-bond acceptors (Lipinski definition) is 2. The quantitative estimate of drug-likeness (QED) is 0.863. The van der Waals surface area contributed by atoms with E-state index in [1.54, 1.807) is 11.3 Å². The van der Waals surface area contributed by atoms with Crippen molar-refractivity contribution in [3.63, 3.8) is 0 Å². The van der Waals surface area contributed by atoms with Gasteiger partial charge in [-0.1, -0.05) is 30.3 Å². The molecule has 1 aliphatic carbocycles. The highest BCUT2D eigenvalue weighted by atomic mass is 32.1. The fourth-order valence-corrected chi connectivity index (χ4v) is 3.99. The molecule has 1 aromatic heterocycles. The molecular formula is C19H23NOS. The maximum absolute atomic E-state index is 12.1. The van der Waals surface area contributed by atoms with E-state index >= 15 is 0 Å². The monoisotopic (exact) mass is 313 g/mol. The van der Waals surface area contributed by atoms with Gasteiger partial charge in [0.2, 0.25) is 5.91 Å². The maximum Gasteiger partial charge on any atom is 0.220 e. The topological polar surface area (TPSA) is 29.1 Å². The molecule has 0 unspecified atom stereocenters. The van der Waals surface area contributed by atoms with Crippen LogP contribution < -0.4 is 5.32 Å². The van der Waals surface area contributed by atoms with Crippen LogP contribution in [0.25, 0.3) is 0 Å². The standard InChI is InChI=1S/C19H23NOS/c21-19(11-6-15-12-13-22-14-15)20-18-9-7-17(8-10-18)16-4-2-1-3-5-16/h1-5,12-14,17-18H,6-11H2,(H,20,21). The van der Waals surface area contributed by atoms with Crippen molar-refractivity contribution < 1.29 is 4.79 Å². The number of thiophene rings is 1. The summed E-state index contributed by atoms with van der Waals surface area (Å²) in [6, 6.07) is 13.2. The lowest BCUT2D eigenvalue weighted by Gasteiger charge is -2.29. The second-order valence-corrected chi connectivity index (χ2v) is 6.94. The fourth-order valence-electron chi connectivity index (χ4n) is 3.29. The first-order chi connectivity index (χ1) is 10.8. The van der Waals surface area contributed by atoms with E-state index in [1.165, 1.54) is 24.0 Å². The zero-order valence-electron chi connectivity index (χ0n) is 12.8. The van der Waals surface area contributed by atoms with Crippen LogP contribution in [0.4, 0.5) is 0 Å². The van der Waals surface area contributed by atoms with Gasteiger partial charge in [0.1, 0.15) is 0 Å². The molecular weight excluding hydrogens is 290 g/mol. The molecule has 0 aliphatic heterocycles. The van der Waals surface area contributed by atoms with Crippen molar-refractivity contribution in [1.29, 1.82) is 0 Å². The predicted molar refractivity (Wildman–Crippen MR) is 92.2 cm³/mol. The number of aryl methyl sites for hydroxylation is 1. The summed E-state index contributed by atoms with van der Waals surface area (Å²) in [5.41, 5.74) is 2.72. The number of hydrogen-bond donors (Lipinski definition) is 1. The van der Waals surface area contributed by atoms with Gasteiger partial charge in [-0.15, -0.1) is 0 Å². The Morgan fingerprint density at radius 2 is 1.86 bits per heavy atom. The Kier molecular flexibility index (Phi) is 5.28. The van der Waals surface area contributed by atoms with Crippen LogP contribution in [0, 0.1) is 0 Å². The Hall–Kier alpha value is -1.61. The first kappa shape index (κ1) is 15.3. The summed E-state index contributed by atoms with van der Waals surface area (Å²) in [6.45, 7) is 0. The van der Waals surface area contributed by atoms with Gasteiger partial charge in [-0.3, -0.25) is 4.79 Å². The van der Waals surface area contributed by atoms with Gasteiger partial charge in [0, 0.05) is 12.5 Å². The molecule has 1 N–H and O–H groups in total. The van der Waals surface area contributed by atoms with Crippen LogP contribution >= 0.6 is 11.3 Å². The number of amides is 1. The van der Waals surface area contributed by atoms with Crippen LogP contribution in [0.1, 0.15) is 49.1 Å². The van der Waals surface area contributed by atoms with Gasteiger partial charge in [-0.25, -0.2) is 0 Å². The highest BCUT2D eigenvalue weighted by molar-refractivity contribution is 7.07. The lowest BCUT2D eigenvalue weighted by atomic mass is 9.82. The molecule has 1 heterocycles. The zero-order valence-corrected chi connectivity index (χ0v) is 13.6. The van der Waals surface area contributed by atoms with E-state index in [4.69, 9.17) is 0 Å². The third kappa shape index (κ3) is 4.20. The van der Waals surface area contributed by atoms with Gasteiger partial charge in [-0.05, 0) is 66.0 Å². The van der Waals surface area contributed by atoms with Crippen molar-refractivity contribution in [2.24, 2.45) is 0 Å². The molecule has 0 radical (unpaired) electrons. The fraction of sp³-hybridized carbons (Fsp3) is 0.421. The molecule has 0 saturated heterocycles. The Morgan fingerprint density at radius 1 is 1.09 bits per heavy atom. The van der Waals surface area contributed by atoms with Crippen LogP contribution in [0.2, 0.25) is 0 Å². The molecule has 1 amide bonds. The molecule has 1 aromatic carbocycles. The van der Waals surface area contributed by atoms with Crippen molar-refractivity contribution in [2.75, 3.05) is 0 Å². The molecule has 1 aliphatic rings. The molecule has 0 atom stereocenters. The summed E-state index contributed by atoms with van der Waals surface area (Å²) in [6.07, 6.45) is 6.02. The molecule has 1 fully saturated rings. The predicted octanol–water partition coefficient (Wildman–Crippen LogP) is 4.52. The molecule has 116 valence electrons. The van der Waals surface area contributed by atoms with E-state index in [1.807, 2.05) is 0 Å². The van der Waals surface area contributed by atoms with E-state index in [2.05, 4.69) is 52.5 Å². The molecule has 3 rings (SSSR count). The number of carbonyl (C=O) groups is 1. The average molecular weight is 313 g/mol. The second kappa shape index (κ2) is 7.59. The van der Waals surface area contributed by atoms with Gasteiger partial charge in [-0.2, -0.15) is 11.3 Å². The van der Waals surface area contributed by atoms with Gasteiger partial charge in [0.25, 0.3) is 0 Å². The Bertz CT molecular complexity index is 571. The highest BCUT2D eigenvalue weighted by Crippen LogP contribution is 2.32. The van der Waals surface area contributed by atoms with Gasteiger partial charge < -0.3 is 5.32 Å². The Morgan fingerprint density at radius 3 is 2.55 bits per heavy atom. The van der Waals surface area contributed by atoms with Crippen molar-refractivity contribution >= 4 is 17.2 Å². The third-order valence-corrected chi connectivity index (χ3v) is 5.32. The lowest BCUT2D eigenvalue weighted by Crippen LogP contribution is -2.37. The minimum absolute atomic E-state index is 0.203.